The highest BCUT2D eigenvalue weighted by molar-refractivity contribution is 6.06. The Morgan fingerprint density at radius 3 is 2.57 bits per heavy atom. The minimum absolute atomic E-state index is 0.165. The molecular weight excluding hydrogens is 264 g/mol. The standard InChI is InChI=1S/C17H20N2O2/c1-3-11-21-14-9-7-13(8-10-14)19-17(20)15-5-4-6-16(18)12(15)2/h4-10H,3,11,18H2,1-2H3,(H,19,20). The van der Waals surface area contributed by atoms with Crippen LogP contribution in [0.1, 0.15) is 29.3 Å². The molecule has 0 aliphatic carbocycles. The Morgan fingerprint density at radius 1 is 1.19 bits per heavy atom. The van der Waals surface area contributed by atoms with Gasteiger partial charge >= 0.3 is 0 Å². The molecule has 0 bridgehead atoms. The van der Waals surface area contributed by atoms with E-state index >= 15 is 0 Å². The first-order chi connectivity index (χ1) is 10.1. The minimum atomic E-state index is -0.165. The van der Waals surface area contributed by atoms with Crippen molar-refractivity contribution in [3.63, 3.8) is 0 Å². The number of ether oxygens (including phenoxy) is 1. The number of rotatable bonds is 5. The van der Waals surface area contributed by atoms with Gasteiger partial charge in [-0.1, -0.05) is 13.0 Å². The highest BCUT2D eigenvalue weighted by atomic mass is 16.5. The fourth-order valence-corrected chi connectivity index (χ4v) is 1.95. The van der Waals surface area contributed by atoms with Gasteiger partial charge in [-0.05, 0) is 55.3 Å². The third-order valence-corrected chi connectivity index (χ3v) is 3.21. The number of nitrogens with one attached hydrogen (secondary N) is 1. The maximum absolute atomic E-state index is 12.2. The second-order valence-corrected chi connectivity index (χ2v) is 4.85. The van der Waals surface area contributed by atoms with Gasteiger partial charge < -0.3 is 15.8 Å². The van der Waals surface area contributed by atoms with Crippen LogP contribution in [0, 0.1) is 6.92 Å². The second kappa shape index (κ2) is 6.79. The van der Waals surface area contributed by atoms with E-state index in [1.165, 1.54) is 0 Å². The normalized spacial score (nSPS) is 10.2. The van der Waals surface area contributed by atoms with E-state index in [1.54, 1.807) is 18.2 Å². The highest BCUT2D eigenvalue weighted by Gasteiger charge is 2.10. The fraction of sp³-hybridized carbons (Fsp3) is 0.235. The van der Waals surface area contributed by atoms with E-state index in [1.807, 2.05) is 31.2 Å². The van der Waals surface area contributed by atoms with Crippen LogP contribution in [0.15, 0.2) is 42.5 Å². The van der Waals surface area contributed by atoms with Crippen LogP contribution >= 0.6 is 0 Å². The molecule has 0 spiro atoms. The number of nitrogen functional groups attached to an aromatic ring is 1. The molecule has 21 heavy (non-hydrogen) atoms. The molecule has 1 amide bonds. The molecule has 2 aromatic carbocycles. The van der Waals surface area contributed by atoms with E-state index in [-0.39, 0.29) is 5.91 Å². The van der Waals surface area contributed by atoms with Crippen molar-refractivity contribution in [3.05, 3.63) is 53.6 Å². The Bertz CT molecular complexity index is 621. The summed E-state index contributed by atoms with van der Waals surface area (Å²) in [6.07, 6.45) is 0.965. The lowest BCUT2D eigenvalue weighted by atomic mass is 10.1. The molecule has 2 rings (SSSR count). The number of anilines is 2. The van der Waals surface area contributed by atoms with E-state index in [0.717, 1.165) is 23.4 Å². The topological polar surface area (TPSA) is 64.3 Å². The maximum atomic E-state index is 12.2. The van der Waals surface area contributed by atoms with Gasteiger partial charge in [0.2, 0.25) is 0 Å². The zero-order valence-corrected chi connectivity index (χ0v) is 12.3. The average Bonchev–Trinajstić information content (AvgIpc) is 2.49. The summed E-state index contributed by atoms with van der Waals surface area (Å²) in [6, 6.07) is 12.7. The largest absolute Gasteiger partial charge is 0.494 e. The summed E-state index contributed by atoms with van der Waals surface area (Å²) in [5, 5.41) is 2.86. The zero-order chi connectivity index (χ0) is 15.2. The summed E-state index contributed by atoms with van der Waals surface area (Å²) < 4.78 is 5.51. The van der Waals surface area contributed by atoms with Crippen LogP contribution in [0.5, 0.6) is 5.75 Å². The minimum Gasteiger partial charge on any atom is -0.494 e. The lowest BCUT2D eigenvalue weighted by molar-refractivity contribution is 0.102. The monoisotopic (exact) mass is 284 g/mol. The lowest BCUT2D eigenvalue weighted by Gasteiger charge is -2.10. The quantitative estimate of drug-likeness (QED) is 0.824. The van der Waals surface area contributed by atoms with E-state index in [0.29, 0.717) is 17.9 Å². The SMILES string of the molecule is CCCOc1ccc(NC(=O)c2cccc(N)c2C)cc1. The summed E-state index contributed by atoms with van der Waals surface area (Å²) in [4.78, 5) is 12.2. The molecule has 0 heterocycles. The smallest absolute Gasteiger partial charge is 0.256 e. The van der Waals surface area contributed by atoms with E-state index in [9.17, 15) is 4.79 Å². The van der Waals surface area contributed by atoms with E-state index in [2.05, 4.69) is 12.2 Å². The first-order valence-corrected chi connectivity index (χ1v) is 7.01. The van der Waals surface area contributed by atoms with Crippen LogP contribution in [0.4, 0.5) is 11.4 Å². The number of hydrogen-bond donors (Lipinski definition) is 2. The first kappa shape index (κ1) is 14.9. The van der Waals surface area contributed by atoms with Gasteiger partial charge in [0.1, 0.15) is 5.75 Å². The van der Waals surface area contributed by atoms with Gasteiger partial charge in [0.25, 0.3) is 5.91 Å². The molecule has 0 saturated heterocycles. The summed E-state index contributed by atoms with van der Waals surface area (Å²) >= 11 is 0. The number of carbonyl (C=O) groups excluding carboxylic acids is 1. The van der Waals surface area contributed by atoms with Crippen molar-refractivity contribution in [2.24, 2.45) is 0 Å². The second-order valence-electron chi connectivity index (χ2n) is 4.85. The van der Waals surface area contributed by atoms with E-state index in [4.69, 9.17) is 10.5 Å². The first-order valence-electron chi connectivity index (χ1n) is 7.01. The Morgan fingerprint density at radius 2 is 1.90 bits per heavy atom. The van der Waals surface area contributed by atoms with Crippen LogP contribution < -0.4 is 15.8 Å². The highest BCUT2D eigenvalue weighted by Crippen LogP contribution is 2.19. The van der Waals surface area contributed by atoms with Crippen molar-refractivity contribution < 1.29 is 9.53 Å². The molecule has 0 aliphatic heterocycles. The molecule has 0 fully saturated rings. The molecule has 0 saturated carbocycles. The van der Waals surface area contributed by atoms with Crippen LogP contribution in [-0.4, -0.2) is 12.5 Å². The van der Waals surface area contributed by atoms with Gasteiger partial charge in [-0.2, -0.15) is 0 Å². The van der Waals surface area contributed by atoms with Crippen molar-refractivity contribution in [1.29, 1.82) is 0 Å². The van der Waals surface area contributed by atoms with Crippen LogP contribution in [0.25, 0.3) is 0 Å². The number of carbonyl (C=O) groups is 1. The summed E-state index contributed by atoms with van der Waals surface area (Å²) in [5.74, 6) is 0.636. The van der Waals surface area contributed by atoms with Crippen molar-refractivity contribution in [2.45, 2.75) is 20.3 Å². The Balaban J connectivity index is 2.07. The third-order valence-electron chi connectivity index (χ3n) is 3.21. The van der Waals surface area contributed by atoms with Crippen molar-refractivity contribution in [3.8, 4) is 5.75 Å². The number of benzene rings is 2. The van der Waals surface area contributed by atoms with Gasteiger partial charge in [0.15, 0.2) is 0 Å². The van der Waals surface area contributed by atoms with Crippen LogP contribution in [0.2, 0.25) is 0 Å². The van der Waals surface area contributed by atoms with E-state index < -0.39 is 0 Å². The van der Waals surface area contributed by atoms with Crippen molar-refractivity contribution >= 4 is 17.3 Å². The molecule has 0 aliphatic rings. The average molecular weight is 284 g/mol. The predicted octanol–water partition coefficient (Wildman–Crippen LogP) is 3.62. The lowest BCUT2D eigenvalue weighted by Crippen LogP contribution is -2.14. The Kier molecular flexibility index (Phi) is 4.82. The van der Waals surface area contributed by atoms with Gasteiger partial charge in [-0.3, -0.25) is 4.79 Å². The third kappa shape index (κ3) is 3.75. The molecule has 110 valence electrons. The summed E-state index contributed by atoms with van der Waals surface area (Å²) in [7, 11) is 0. The molecule has 2 aromatic rings. The van der Waals surface area contributed by atoms with Crippen molar-refractivity contribution in [1.82, 2.24) is 0 Å². The fourth-order valence-electron chi connectivity index (χ4n) is 1.95. The summed E-state index contributed by atoms with van der Waals surface area (Å²) in [6.45, 7) is 4.59. The molecule has 0 radical (unpaired) electrons. The van der Waals surface area contributed by atoms with Crippen molar-refractivity contribution in [2.75, 3.05) is 17.7 Å². The zero-order valence-electron chi connectivity index (χ0n) is 12.3. The molecular formula is C17H20N2O2. The van der Waals surface area contributed by atoms with Crippen LogP contribution in [-0.2, 0) is 0 Å². The summed E-state index contributed by atoms with van der Waals surface area (Å²) in [5.41, 5.74) is 8.54. The molecule has 0 aromatic heterocycles. The van der Waals surface area contributed by atoms with Crippen LogP contribution in [0.3, 0.4) is 0 Å². The molecule has 4 heteroatoms. The number of hydrogen-bond acceptors (Lipinski definition) is 3. The maximum Gasteiger partial charge on any atom is 0.256 e. The molecule has 0 atom stereocenters. The van der Waals surface area contributed by atoms with Gasteiger partial charge in [0, 0.05) is 16.9 Å². The number of amides is 1. The van der Waals surface area contributed by atoms with Gasteiger partial charge in [-0.25, -0.2) is 0 Å². The molecule has 3 N–H and O–H groups in total. The molecule has 0 unspecified atom stereocenters. The molecule has 4 nitrogen and oxygen atoms in total. The Hall–Kier alpha value is -2.49. The Labute approximate surface area is 124 Å². The van der Waals surface area contributed by atoms with Gasteiger partial charge in [0.05, 0.1) is 6.61 Å². The number of nitrogens with two attached hydrogens (primary N) is 1. The van der Waals surface area contributed by atoms with Gasteiger partial charge in [-0.15, -0.1) is 0 Å². The predicted molar refractivity (Wildman–Crippen MR) is 85.8 cm³/mol.